The molecule has 0 N–H and O–H groups in total. The van der Waals surface area contributed by atoms with E-state index in [-0.39, 0.29) is 6.10 Å². The van der Waals surface area contributed by atoms with Crippen molar-refractivity contribution >= 4 is 0 Å². The molecule has 2 rings (SSSR count). The van der Waals surface area contributed by atoms with Gasteiger partial charge in [0, 0.05) is 31.5 Å². The second kappa shape index (κ2) is 5.78. The van der Waals surface area contributed by atoms with Crippen molar-refractivity contribution in [3.8, 4) is 0 Å². The molecule has 1 aromatic rings. The van der Waals surface area contributed by atoms with Crippen LogP contribution in [-0.4, -0.2) is 17.8 Å². The lowest BCUT2D eigenvalue weighted by Gasteiger charge is -2.24. The molecule has 1 aromatic heterocycles. The third-order valence-corrected chi connectivity index (χ3v) is 3.20. The molecule has 104 valence electrons. The number of aromatic nitrogens is 1. The Morgan fingerprint density at radius 3 is 2.44 bits per heavy atom. The fraction of sp³-hybridized carbons (Fsp3) is 0.692. The van der Waals surface area contributed by atoms with E-state index in [2.05, 4.69) is 0 Å². The summed E-state index contributed by atoms with van der Waals surface area (Å²) in [5.74, 6) is 0. The summed E-state index contributed by atoms with van der Waals surface area (Å²) in [7, 11) is 1.60. The van der Waals surface area contributed by atoms with Gasteiger partial charge in [-0.2, -0.15) is 13.2 Å². The molecule has 0 amide bonds. The van der Waals surface area contributed by atoms with Crippen LogP contribution < -0.4 is 0 Å². The molecule has 0 saturated heterocycles. The minimum Gasteiger partial charge on any atom is -0.381 e. The SMILES string of the molecule is CC.COC1CCn2c(cc(C(F)(F)F)c2C)C1. The molecule has 5 heteroatoms. The maximum absolute atomic E-state index is 12.7. The first-order chi connectivity index (χ1) is 8.43. The highest BCUT2D eigenvalue weighted by Crippen LogP contribution is 2.35. The highest BCUT2D eigenvalue weighted by molar-refractivity contribution is 5.31. The average molecular weight is 263 g/mol. The van der Waals surface area contributed by atoms with Gasteiger partial charge in [0.1, 0.15) is 0 Å². The summed E-state index contributed by atoms with van der Waals surface area (Å²) < 4.78 is 44.9. The predicted octanol–water partition coefficient (Wildman–Crippen LogP) is 3.80. The topological polar surface area (TPSA) is 14.2 Å². The van der Waals surface area contributed by atoms with E-state index in [0.717, 1.165) is 12.1 Å². The standard InChI is InChI=1S/C11H14F3NO.C2H6/c1-7-10(11(12,13)14)6-8-5-9(16-2)3-4-15(7)8;1-2/h6,9H,3-5H2,1-2H3;1-2H3. The van der Waals surface area contributed by atoms with Crippen LogP contribution in [0.25, 0.3) is 0 Å². The number of rotatable bonds is 1. The Morgan fingerprint density at radius 2 is 1.94 bits per heavy atom. The van der Waals surface area contributed by atoms with Gasteiger partial charge in [0.2, 0.25) is 0 Å². The third-order valence-electron chi connectivity index (χ3n) is 3.20. The minimum atomic E-state index is -4.25. The Hall–Kier alpha value is -0.970. The zero-order valence-corrected chi connectivity index (χ0v) is 11.3. The summed E-state index contributed by atoms with van der Waals surface area (Å²) in [6.07, 6.45) is -2.87. The number of ether oxygens (including phenoxy) is 1. The van der Waals surface area contributed by atoms with Crippen LogP contribution in [0.4, 0.5) is 13.2 Å². The lowest BCUT2D eigenvalue weighted by atomic mass is 10.1. The summed E-state index contributed by atoms with van der Waals surface area (Å²) in [5.41, 5.74) is 0.527. The van der Waals surface area contributed by atoms with Crippen molar-refractivity contribution in [2.24, 2.45) is 0 Å². The molecule has 18 heavy (non-hydrogen) atoms. The second-order valence-electron chi connectivity index (χ2n) is 4.13. The van der Waals surface area contributed by atoms with Gasteiger partial charge in [0.05, 0.1) is 11.7 Å². The third kappa shape index (κ3) is 2.88. The normalized spacial score (nSPS) is 18.9. The fourth-order valence-electron chi connectivity index (χ4n) is 2.29. The minimum absolute atomic E-state index is 0.0443. The highest BCUT2D eigenvalue weighted by Gasteiger charge is 2.36. The Labute approximate surface area is 106 Å². The predicted molar refractivity (Wildman–Crippen MR) is 64.6 cm³/mol. The summed E-state index contributed by atoms with van der Waals surface area (Å²) in [5, 5.41) is 0. The van der Waals surface area contributed by atoms with E-state index in [1.54, 1.807) is 11.7 Å². The molecule has 1 atom stereocenters. The highest BCUT2D eigenvalue weighted by atomic mass is 19.4. The first-order valence-electron chi connectivity index (χ1n) is 6.22. The van der Waals surface area contributed by atoms with Crippen molar-refractivity contribution in [1.29, 1.82) is 0 Å². The molecule has 1 unspecified atom stereocenters. The summed E-state index contributed by atoms with van der Waals surface area (Å²) in [4.78, 5) is 0. The molecular formula is C13H20F3NO. The van der Waals surface area contributed by atoms with Crippen LogP contribution in [0.5, 0.6) is 0 Å². The first kappa shape index (κ1) is 15.1. The van der Waals surface area contributed by atoms with Gasteiger partial charge in [-0.05, 0) is 19.4 Å². The van der Waals surface area contributed by atoms with Crippen molar-refractivity contribution < 1.29 is 17.9 Å². The van der Waals surface area contributed by atoms with Gasteiger partial charge in [-0.25, -0.2) is 0 Å². The molecule has 0 saturated carbocycles. The summed E-state index contributed by atoms with van der Waals surface area (Å²) >= 11 is 0. The number of nitrogens with zero attached hydrogens (tertiary/aromatic N) is 1. The maximum atomic E-state index is 12.7. The number of alkyl halides is 3. The molecule has 0 radical (unpaired) electrons. The van der Waals surface area contributed by atoms with Crippen LogP contribution in [0.3, 0.4) is 0 Å². The fourth-order valence-corrected chi connectivity index (χ4v) is 2.29. The van der Waals surface area contributed by atoms with Crippen molar-refractivity contribution in [1.82, 2.24) is 4.57 Å². The Bertz CT molecular complexity index is 396. The van der Waals surface area contributed by atoms with Crippen LogP contribution >= 0.6 is 0 Å². The Morgan fingerprint density at radius 1 is 1.33 bits per heavy atom. The van der Waals surface area contributed by atoms with Gasteiger partial charge in [-0.15, -0.1) is 0 Å². The van der Waals surface area contributed by atoms with Crippen LogP contribution in [0.2, 0.25) is 0 Å². The zero-order chi connectivity index (χ0) is 13.9. The molecular weight excluding hydrogens is 243 g/mol. The van der Waals surface area contributed by atoms with Gasteiger partial charge in [-0.1, -0.05) is 13.8 Å². The number of methoxy groups -OCH3 is 1. The van der Waals surface area contributed by atoms with Gasteiger partial charge in [0.15, 0.2) is 0 Å². The molecule has 1 aliphatic heterocycles. The summed E-state index contributed by atoms with van der Waals surface area (Å²) in [6, 6.07) is 1.25. The van der Waals surface area contributed by atoms with Crippen LogP contribution in [0.15, 0.2) is 6.07 Å². The zero-order valence-electron chi connectivity index (χ0n) is 11.3. The van der Waals surface area contributed by atoms with E-state index in [1.165, 1.54) is 13.0 Å². The lowest BCUT2D eigenvalue weighted by Crippen LogP contribution is -2.25. The number of fused-ring (bicyclic) bond motifs is 1. The van der Waals surface area contributed by atoms with Gasteiger partial charge in [-0.3, -0.25) is 0 Å². The van der Waals surface area contributed by atoms with Crippen LogP contribution in [0.1, 0.15) is 37.2 Å². The van der Waals surface area contributed by atoms with Crippen molar-refractivity contribution in [2.45, 2.75) is 52.4 Å². The summed E-state index contributed by atoms with van der Waals surface area (Å²) in [6.45, 7) is 6.13. The molecule has 0 bridgehead atoms. The van der Waals surface area contributed by atoms with E-state index in [4.69, 9.17) is 4.74 Å². The largest absolute Gasteiger partial charge is 0.418 e. The molecule has 0 fully saturated rings. The van der Waals surface area contributed by atoms with Gasteiger partial charge in [0.25, 0.3) is 0 Å². The maximum Gasteiger partial charge on any atom is 0.418 e. The van der Waals surface area contributed by atoms with Gasteiger partial charge < -0.3 is 9.30 Å². The monoisotopic (exact) mass is 263 g/mol. The lowest BCUT2D eigenvalue weighted by molar-refractivity contribution is -0.138. The first-order valence-corrected chi connectivity index (χ1v) is 6.22. The molecule has 1 aliphatic rings. The van der Waals surface area contributed by atoms with E-state index < -0.39 is 11.7 Å². The molecule has 2 nitrogen and oxygen atoms in total. The van der Waals surface area contributed by atoms with E-state index in [1.807, 2.05) is 13.8 Å². The Kier molecular flexibility index (Phi) is 4.85. The molecule has 0 spiro atoms. The van der Waals surface area contributed by atoms with Crippen molar-refractivity contribution in [3.63, 3.8) is 0 Å². The quantitative estimate of drug-likeness (QED) is 0.751. The second-order valence-corrected chi connectivity index (χ2v) is 4.13. The van der Waals surface area contributed by atoms with Crippen molar-refractivity contribution in [2.75, 3.05) is 7.11 Å². The number of halogens is 3. The Balaban J connectivity index is 0.000000771. The molecule has 0 aromatic carbocycles. The van der Waals surface area contributed by atoms with Crippen LogP contribution in [0, 0.1) is 6.92 Å². The molecule has 0 aliphatic carbocycles. The van der Waals surface area contributed by atoms with E-state index in [9.17, 15) is 13.2 Å². The van der Waals surface area contributed by atoms with E-state index >= 15 is 0 Å². The van der Waals surface area contributed by atoms with E-state index in [0.29, 0.717) is 18.7 Å². The number of hydrogen-bond acceptors (Lipinski definition) is 1. The molecule has 2 heterocycles. The van der Waals surface area contributed by atoms with Crippen molar-refractivity contribution in [3.05, 3.63) is 23.0 Å². The average Bonchev–Trinajstić information content (AvgIpc) is 2.68. The van der Waals surface area contributed by atoms with Gasteiger partial charge >= 0.3 is 6.18 Å². The number of hydrogen-bond donors (Lipinski definition) is 0. The van der Waals surface area contributed by atoms with Crippen LogP contribution in [-0.2, 0) is 23.9 Å². The smallest absolute Gasteiger partial charge is 0.381 e.